The fourth-order valence-electron chi connectivity index (χ4n) is 2.30. The van der Waals surface area contributed by atoms with Gasteiger partial charge in [-0.1, -0.05) is 26.8 Å². The highest BCUT2D eigenvalue weighted by Crippen LogP contribution is 2.30. The number of nitrogens with one attached hydrogen (secondary N) is 2. The number of rotatable bonds is 4. The SMILES string of the molecule is CC(C)(C)c1ccc(Oc2ccnc(Nc3ncc[nH]3)c2)cc1F. The fourth-order valence-corrected chi connectivity index (χ4v) is 2.30. The quantitative estimate of drug-likeness (QED) is 0.724. The van der Waals surface area contributed by atoms with E-state index in [1.165, 1.54) is 6.07 Å². The van der Waals surface area contributed by atoms with Crippen molar-refractivity contribution in [1.82, 2.24) is 15.0 Å². The summed E-state index contributed by atoms with van der Waals surface area (Å²) in [5.74, 6) is 1.88. The summed E-state index contributed by atoms with van der Waals surface area (Å²) in [6.45, 7) is 5.92. The van der Waals surface area contributed by atoms with Crippen LogP contribution >= 0.6 is 0 Å². The molecule has 24 heavy (non-hydrogen) atoms. The van der Waals surface area contributed by atoms with Crippen LogP contribution in [0.3, 0.4) is 0 Å². The van der Waals surface area contributed by atoms with E-state index in [2.05, 4.69) is 20.3 Å². The normalized spacial score (nSPS) is 11.3. The number of imidazole rings is 1. The molecule has 5 nitrogen and oxygen atoms in total. The molecule has 0 aliphatic rings. The molecule has 0 aliphatic heterocycles. The second-order valence-electron chi connectivity index (χ2n) is 6.43. The lowest BCUT2D eigenvalue weighted by Gasteiger charge is -2.20. The molecule has 0 atom stereocenters. The van der Waals surface area contributed by atoms with Gasteiger partial charge in [-0.25, -0.2) is 14.4 Å². The number of nitrogens with zero attached hydrogens (tertiary/aromatic N) is 2. The molecule has 0 aliphatic carbocycles. The van der Waals surface area contributed by atoms with Crippen molar-refractivity contribution in [2.24, 2.45) is 0 Å². The van der Waals surface area contributed by atoms with Crippen LogP contribution in [0.15, 0.2) is 48.9 Å². The van der Waals surface area contributed by atoms with Gasteiger partial charge in [-0.3, -0.25) is 0 Å². The highest BCUT2D eigenvalue weighted by molar-refractivity contribution is 5.50. The van der Waals surface area contributed by atoms with Crippen LogP contribution < -0.4 is 10.1 Å². The average molecular weight is 326 g/mol. The predicted molar refractivity (Wildman–Crippen MR) is 91.3 cm³/mol. The number of H-pyrrole nitrogens is 1. The third-order valence-corrected chi connectivity index (χ3v) is 3.46. The maximum Gasteiger partial charge on any atom is 0.205 e. The molecule has 0 spiro atoms. The van der Waals surface area contributed by atoms with Gasteiger partial charge in [-0.2, -0.15) is 0 Å². The Hall–Kier alpha value is -2.89. The molecule has 0 fully saturated rings. The fraction of sp³-hybridized carbons (Fsp3) is 0.222. The molecule has 1 aromatic carbocycles. The lowest BCUT2D eigenvalue weighted by molar-refractivity contribution is 0.468. The zero-order chi connectivity index (χ0) is 17.2. The van der Waals surface area contributed by atoms with E-state index in [0.717, 1.165) is 0 Å². The van der Waals surface area contributed by atoms with E-state index >= 15 is 0 Å². The van der Waals surface area contributed by atoms with Gasteiger partial charge < -0.3 is 15.0 Å². The third kappa shape index (κ3) is 3.71. The average Bonchev–Trinajstić information content (AvgIpc) is 2.99. The van der Waals surface area contributed by atoms with Crippen LogP contribution in [0.2, 0.25) is 0 Å². The Balaban J connectivity index is 1.78. The van der Waals surface area contributed by atoms with Gasteiger partial charge in [0.2, 0.25) is 5.95 Å². The summed E-state index contributed by atoms with van der Waals surface area (Å²) in [5.41, 5.74) is 0.407. The molecule has 2 N–H and O–H groups in total. The van der Waals surface area contributed by atoms with Crippen LogP contribution in [0.1, 0.15) is 26.3 Å². The number of pyridine rings is 1. The van der Waals surface area contributed by atoms with Crippen molar-refractivity contribution in [2.45, 2.75) is 26.2 Å². The Morgan fingerprint density at radius 1 is 1.04 bits per heavy atom. The van der Waals surface area contributed by atoms with Crippen LogP contribution in [-0.2, 0) is 5.41 Å². The zero-order valence-corrected chi connectivity index (χ0v) is 13.8. The molecule has 0 unspecified atom stereocenters. The lowest BCUT2D eigenvalue weighted by Crippen LogP contribution is -2.13. The van der Waals surface area contributed by atoms with E-state index in [4.69, 9.17) is 4.74 Å². The first-order valence-corrected chi connectivity index (χ1v) is 7.62. The van der Waals surface area contributed by atoms with Crippen LogP contribution in [0.4, 0.5) is 16.2 Å². The number of hydrogen-bond acceptors (Lipinski definition) is 4. The van der Waals surface area contributed by atoms with Gasteiger partial charge in [-0.05, 0) is 23.1 Å². The molecule has 6 heteroatoms. The number of ether oxygens (including phenoxy) is 1. The number of halogens is 1. The first kappa shape index (κ1) is 16.0. The molecule has 0 saturated carbocycles. The molecule has 0 bridgehead atoms. The monoisotopic (exact) mass is 326 g/mol. The van der Waals surface area contributed by atoms with Crippen molar-refractivity contribution in [3.63, 3.8) is 0 Å². The Kier molecular flexibility index (Phi) is 4.20. The van der Waals surface area contributed by atoms with Crippen molar-refractivity contribution in [1.29, 1.82) is 0 Å². The molecule has 2 heterocycles. The van der Waals surface area contributed by atoms with E-state index in [1.807, 2.05) is 20.8 Å². The molecule has 124 valence electrons. The van der Waals surface area contributed by atoms with E-state index in [9.17, 15) is 4.39 Å². The predicted octanol–water partition coefficient (Wildman–Crippen LogP) is 4.78. The van der Waals surface area contributed by atoms with Crippen LogP contribution in [0.25, 0.3) is 0 Å². The van der Waals surface area contributed by atoms with Gasteiger partial charge in [0.05, 0.1) is 0 Å². The molecular formula is C18H19FN4O. The standard InChI is InChI=1S/C18H19FN4O/c1-18(2,3)14-5-4-12(10-15(14)19)24-13-6-7-20-16(11-13)23-17-21-8-9-22-17/h4-11H,1-3H3,(H2,20,21,22,23). The minimum atomic E-state index is -0.275. The first-order chi connectivity index (χ1) is 11.4. The molecule has 0 saturated heterocycles. The van der Waals surface area contributed by atoms with Crippen LogP contribution in [0, 0.1) is 5.82 Å². The molecule has 0 radical (unpaired) electrons. The molecule has 3 aromatic rings. The van der Waals surface area contributed by atoms with Crippen molar-refractivity contribution in [3.05, 3.63) is 60.3 Å². The third-order valence-electron chi connectivity index (χ3n) is 3.46. The molecule has 3 rings (SSSR count). The largest absolute Gasteiger partial charge is 0.457 e. The highest BCUT2D eigenvalue weighted by atomic mass is 19.1. The number of hydrogen-bond donors (Lipinski definition) is 2. The summed E-state index contributed by atoms with van der Waals surface area (Å²) in [4.78, 5) is 11.2. The Labute approximate surface area is 139 Å². The van der Waals surface area contributed by atoms with Gasteiger partial charge in [0.25, 0.3) is 0 Å². The maximum atomic E-state index is 14.3. The van der Waals surface area contributed by atoms with E-state index < -0.39 is 0 Å². The summed E-state index contributed by atoms with van der Waals surface area (Å²) in [5, 5.41) is 3.02. The van der Waals surface area contributed by atoms with Gasteiger partial charge in [0.15, 0.2) is 0 Å². The van der Waals surface area contributed by atoms with E-state index in [0.29, 0.717) is 28.8 Å². The number of benzene rings is 1. The Bertz CT molecular complexity index is 825. The second-order valence-corrected chi connectivity index (χ2v) is 6.43. The Morgan fingerprint density at radius 3 is 2.50 bits per heavy atom. The smallest absolute Gasteiger partial charge is 0.205 e. The number of aromatic nitrogens is 3. The number of aromatic amines is 1. The summed E-state index contributed by atoms with van der Waals surface area (Å²) < 4.78 is 20.0. The van der Waals surface area contributed by atoms with Crippen LogP contribution in [0.5, 0.6) is 11.5 Å². The maximum absolute atomic E-state index is 14.3. The lowest BCUT2D eigenvalue weighted by atomic mass is 9.87. The van der Waals surface area contributed by atoms with Crippen molar-refractivity contribution in [2.75, 3.05) is 5.32 Å². The summed E-state index contributed by atoms with van der Waals surface area (Å²) >= 11 is 0. The van der Waals surface area contributed by atoms with Gasteiger partial charge in [0, 0.05) is 30.7 Å². The van der Waals surface area contributed by atoms with Crippen molar-refractivity contribution >= 4 is 11.8 Å². The number of anilines is 2. The minimum absolute atomic E-state index is 0.251. The first-order valence-electron chi connectivity index (χ1n) is 7.62. The Morgan fingerprint density at radius 2 is 1.83 bits per heavy atom. The molecule has 0 amide bonds. The second kappa shape index (κ2) is 6.31. The zero-order valence-electron chi connectivity index (χ0n) is 13.8. The summed E-state index contributed by atoms with van der Waals surface area (Å²) in [6, 6.07) is 8.36. The van der Waals surface area contributed by atoms with Crippen LogP contribution in [-0.4, -0.2) is 15.0 Å². The van der Waals surface area contributed by atoms with E-state index in [-0.39, 0.29) is 11.2 Å². The van der Waals surface area contributed by atoms with Crippen molar-refractivity contribution < 1.29 is 9.13 Å². The van der Waals surface area contributed by atoms with Gasteiger partial charge >= 0.3 is 0 Å². The minimum Gasteiger partial charge on any atom is -0.457 e. The summed E-state index contributed by atoms with van der Waals surface area (Å²) in [7, 11) is 0. The molecular weight excluding hydrogens is 307 g/mol. The van der Waals surface area contributed by atoms with Crippen molar-refractivity contribution in [3.8, 4) is 11.5 Å². The van der Waals surface area contributed by atoms with E-state index in [1.54, 1.807) is 42.9 Å². The molecule has 2 aromatic heterocycles. The van der Waals surface area contributed by atoms with Gasteiger partial charge in [-0.15, -0.1) is 0 Å². The summed E-state index contributed by atoms with van der Waals surface area (Å²) in [6.07, 6.45) is 4.96. The topological polar surface area (TPSA) is 62.8 Å². The van der Waals surface area contributed by atoms with Gasteiger partial charge in [0.1, 0.15) is 23.1 Å². The highest BCUT2D eigenvalue weighted by Gasteiger charge is 2.18.